The number of carbonyl (C=O) groups is 1. The number of anilines is 1. The van der Waals surface area contributed by atoms with Crippen molar-refractivity contribution >= 4 is 11.7 Å². The van der Waals surface area contributed by atoms with Crippen LogP contribution in [0.15, 0.2) is 48.5 Å². The molecule has 0 bridgehead atoms. The molecule has 0 saturated carbocycles. The highest BCUT2D eigenvalue weighted by molar-refractivity contribution is 5.90. The molecule has 98 valence electrons. The van der Waals surface area contributed by atoms with Crippen LogP contribution in [-0.4, -0.2) is 18.2 Å². The largest absolute Gasteiger partial charge is 0.508 e. The quantitative estimate of drug-likeness (QED) is 0.827. The predicted molar refractivity (Wildman–Crippen MR) is 73.2 cm³/mol. The number of rotatable bonds is 4. The van der Waals surface area contributed by atoms with Gasteiger partial charge < -0.3 is 15.2 Å². The highest BCUT2D eigenvalue weighted by Gasteiger charge is 2.05. The maximum Gasteiger partial charge on any atom is 0.337 e. The van der Waals surface area contributed by atoms with E-state index in [2.05, 4.69) is 10.1 Å². The molecule has 0 saturated heterocycles. The van der Waals surface area contributed by atoms with Gasteiger partial charge in [-0.3, -0.25) is 0 Å². The molecule has 4 nitrogen and oxygen atoms in total. The number of phenolic OH excluding ortho intramolecular Hbond substituents is 1. The number of phenols is 1. The summed E-state index contributed by atoms with van der Waals surface area (Å²) in [5.74, 6) is -0.120. The molecule has 0 aliphatic rings. The summed E-state index contributed by atoms with van der Waals surface area (Å²) in [6.07, 6.45) is 0. The van der Waals surface area contributed by atoms with Gasteiger partial charge in [-0.05, 0) is 24.3 Å². The molecule has 0 aliphatic heterocycles. The number of esters is 1. The van der Waals surface area contributed by atoms with Gasteiger partial charge in [0.1, 0.15) is 5.75 Å². The first-order valence-corrected chi connectivity index (χ1v) is 5.90. The second kappa shape index (κ2) is 5.91. The molecule has 0 fully saturated rings. The summed E-state index contributed by atoms with van der Waals surface area (Å²) < 4.78 is 4.67. The van der Waals surface area contributed by atoms with Crippen molar-refractivity contribution in [1.29, 1.82) is 0 Å². The lowest BCUT2D eigenvalue weighted by Gasteiger charge is -2.09. The van der Waals surface area contributed by atoms with Gasteiger partial charge in [-0.2, -0.15) is 0 Å². The molecular formula is C15H15NO3. The Hall–Kier alpha value is -2.49. The number of para-hydroxylation sites is 1. The molecule has 2 aromatic rings. The molecule has 0 amide bonds. The molecule has 0 heterocycles. The first kappa shape index (κ1) is 13.0. The summed E-state index contributed by atoms with van der Waals surface area (Å²) in [6, 6.07) is 14.2. The molecule has 0 aliphatic carbocycles. The van der Waals surface area contributed by atoms with Gasteiger partial charge in [0.05, 0.1) is 12.7 Å². The predicted octanol–water partition coefficient (Wildman–Crippen LogP) is 2.79. The van der Waals surface area contributed by atoms with Gasteiger partial charge in [-0.1, -0.05) is 24.3 Å². The third-order valence-corrected chi connectivity index (χ3v) is 2.76. The third kappa shape index (κ3) is 3.25. The van der Waals surface area contributed by atoms with E-state index in [1.807, 2.05) is 18.2 Å². The number of hydrogen-bond acceptors (Lipinski definition) is 4. The average Bonchev–Trinajstić information content (AvgIpc) is 2.46. The van der Waals surface area contributed by atoms with E-state index < -0.39 is 0 Å². The van der Waals surface area contributed by atoms with Gasteiger partial charge >= 0.3 is 5.97 Å². The second-order valence-electron chi connectivity index (χ2n) is 4.05. The summed E-state index contributed by atoms with van der Waals surface area (Å²) in [5.41, 5.74) is 2.09. The summed E-state index contributed by atoms with van der Waals surface area (Å²) in [7, 11) is 1.35. The van der Waals surface area contributed by atoms with Crippen LogP contribution in [0.2, 0.25) is 0 Å². The Labute approximate surface area is 111 Å². The Balaban J connectivity index is 2.08. The summed E-state index contributed by atoms with van der Waals surface area (Å²) in [5, 5.41) is 12.8. The summed E-state index contributed by atoms with van der Waals surface area (Å²) in [4.78, 5) is 11.4. The minimum absolute atomic E-state index is 0.249. The molecule has 0 spiro atoms. The highest BCUT2D eigenvalue weighted by atomic mass is 16.5. The highest BCUT2D eigenvalue weighted by Crippen LogP contribution is 2.18. The molecule has 0 unspecified atom stereocenters. The molecule has 2 aromatic carbocycles. The first-order chi connectivity index (χ1) is 9.20. The van der Waals surface area contributed by atoms with E-state index in [1.54, 1.807) is 30.3 Å². The number of benzene rings is 2. The van der Waals surface area contributed by atoms with Crippen LogP contribution >= 0.6 is 0 Å². The minimum atomic E-state index is -0.369. The van der Waals surface area contributed by atoms with Gasteiger partial charge in [-0.15, -0.1) is 0 Å². The maximum absolute atomic E-state index is 11.4. The Kier molecular flexibility index (Phi) is 4.03. The molecule has 0 atom stereocenters. The number of ether oxygens (including phenoxy) is 1. The van der Waals surface area contributed by atoms with Gasteiger partial charge in [0.15, 0.2) is 0 Å². The van der Waals surface area contributed by atoms with Crippen LogP contribution in [0.1, 0.15) is 15.9 Å². The SMILES string of the molecule is COC(=O)c1cccc(NCc2ccccc2O)c1. The monoisotopic (exact) mass is 257 g/mol. The van der Waals surface area contributed by atoms with E-state index in [9.17, 15) is 9.90 Å². The van der Waals surface area contributed by atoms with Gasteiger partial charge in [-0.25, -0.2) is 4.79 Å². The average molecular weight is 257 g/mol. The summed E-state index contributed by atoms with van der Waals surface area (Å²) in [6.45, 7) is 0.483. The van der Waals surface area contributed by atoms with Crippen molar-refractivity contribution in [2.24, 2.45) is 0 Å². The Morgan fingerprint density at radius 1 is 1.21 bits per heavy atom. The standard InChI is InChI=1S/C15H15NO3/c1-19-15(18)11-6-4-7-13(9-11)16-10-12-5-2-3-8-14(12)17/h2-9,16-17H,10H2,1H3. The van der Waals surface area contributed by atoms with E-state index in [-0.39, 0.29) is 11.7 Å². The van der Waals surface area contributed by atoms with Crippen molar-refractivity contribution < 1.29 is 14.6 Å². The molecule has 2 N–H and O–H groups in total. The lowest BCUT2D eigenvalue weighted by molar-refractivity contribution is 0.0601. The zero-order valence-electron chi connectivity index (χ0n) is 10.6. The van der Waals surface area contributed by atoms with Gasteiger partial charge in [0.25, 0.3) is 0 Å². The van der Waals surface area contributed by atoms with Crippen LogP contribution in [0.25, 0.3) is 0 Å². The fraction of sp³-hybridized carbons (Fsp3) is 0.133. The van der Waals surface area contributed by atoms with Crippen LogP contribution in [0.3, 0.4) is 0 Å². The molecule has 0 radical (unpaired) electrons. The lowest BCUT2D eigenvalue weighted by atomic mass is 10.1. The fourth-order valence-electron chi connectivity index (χ4n) is 1.73. The number of hydrogen-bond donors (Lipinski definition) is 2. The van der Waals surface area contributed by atoms with Crippen LogP contribution in [0.4, 0.5) is 5.69 Å². The third-order valence-electron chi connectivity index (χ3n) is 2.76. The van der Waals surface area contributed by atoms with E-state index in [0.29, 0.717) is 12.1 Å². The van der Waals surface area contributed by atoms with E-state index in [1.165, 1.54) is 7.11 Å². The number of aromatic hydroxyl groups is 1. The lowest BCUT2D eigenvalue weighted by Crippen LogP contribution is -2.04. The van der Waals surface area contributed by atoms with E-state index in [4.69, 9.17) is 0 Å². The van der Waals surface area contributed by atoms with Gasteiger partial charge in [0, 0.05) is 17.8 Å². The van der Waals surface area contributed by atoms with E-state index >= 15 is 0 Å². The zero-order valence-corrected chi connectivity index (χ0v) is 10.6. The van der Waals surface area contributed by atoms with Crippen LogP contribution in [0.5, 0.6) is 5.75 Å². The van der Waals surface area contributed by atoms with Crippen molar-refractivity contribution in [1.82, 2.24) is 0 Å². The maximum atomic E-state index is 11.4. The van der Waals surface area contributed by atoms with Crippen molar-refractivity contribution in [2.75, 3.05) is 12.4 Å². The minimum Gasteiger partial charge on any atom is -0.508 e. The van der Waals surface area contributed by atoms with Crippen molar-refractivity contribution in [2.45, 2.75) is 6.54 Å². The molecule has 19 heavy (non-hydrogen) atoms. The number of carbonyl (C=O) groups excluding carboxylic acids is 1. The van der Waals surface area contributed by atoms with Crippen molar-refractivity contribution in [3.8, 4) is 5.75 Å². The zero-order chi connectivity index (χ0) is 13.7. The van der Waals surface area contributed by atoms with Crippen LogP contribution in [0, 0.1) is 0 Å². The summed E-state index contributed by atoms with van der Waals surface area (Å²) >= 11 is 0. The molecular weight excluding hydrogens is 242 g/mol. The van der Waals surface area contributed by atoms with Gasteiger partial charge in [0.2, 0.25) is 0 Å². The Bertz CT molecular complexity index is 581. The normalized spacial score (nSPS) is 9.95. The van der Waals surface area contributed by atoms with Crippen LogP contribution < -0.4 is 5.32 Å². The molecule has 0 aromatic heterocycles. The smallest absolute Gasteiger partial charge is 0.337 e. The van der Waals surface area contributed by atoms with Crippen molar-refractivity contribution in [3.63, 3.8) is 0 Å². The van der Waals surface area contributed by atoms with Crippen LogP contribution in [-0.2, 0) is 11.3 Å². The number of methoxy groups -OCH3 is 1. The Morgan fingerprint density at radius 2 is 2.00 bits per heavy atom. The number of nitrogens with one attached hydrogen (secondary N) is 1. The second-order valence-corrected chi connectivity index (χ2v) is 4.05. The molecule has 2 rings (SSSR count). The van der Waals surface area contributed by atoms with E-state index in [0.717, 1.165) is 11.3 Å². The van der Waals surface area contributed by atoms with Crippen molar-refractivity contribution in [3.05, 3.63) is 59.7 Å². The molecule has 4 heteroatoms. The fourth-order valence-corrected chi connectivity index (χ4v) is 1.73. The first-order valence-electron chi connectivity index (χ1n) is 5.90. The topological polar surface area (TPSA) is 58.6 Å². The Morgan fingerprint density at radius 3 is 2.74 bits per heavy atom.